The summed E-state index contributed by atoms with van der Waals surface area (Å²) in [5.74, 6) is 1.96. The highest BCUT2D eigenvalue weighted by atomic mass is 16.5. The van der Waals surface area contributed by atoms with Crippen molar-refractivity contribution in [2.45, 2.75) is 33.3 Å². The molecule has 1 aromatic heterocycles. The Balaban J connectivity index is 1.20. The lowest BCUT2D eigenvalue weighted by Crippen LogP contribution is -2.44. The number of carbonyl (C=O) groups excluding carboxylic acids is 1. The first-order valence-corrected chi connectivity index (χ1v) is 13.4. The van der Waals surface area contributed by atoms with Crippen LogP contribution in [-0.4, -0.2) is 60.3 Å². The number of piperazine rings is 1. The zero-order valence-corrected chi connectivity index (χ0v) is 22.8. The van der Waals surface area contributed by atoms with E-state index in [0.717, 1.165) is 77.5 Å². The Kier molecular flexibility index (Phi) is 6.56. The minimum absolute atomic E-state index is 0.127. The van der Waals surface area contributed by atoms with Crippen molar-refractivity contribution in [1.82, 2.24) is 15.0 Å². The highest BCUT2D eigenvalue weighted by Gasteiger charge is 2.27. The maximum atomic E-state index is 13.2. The fourth-order valence-electron chi connectivity index (χ4n) is 5.41. The lowest BCUT2D eigenvalue weighted by molar-refractivity contribution is 0.102. The van der Waals surface area contributed by atoms with Gasteiger partial charge in [-0.2, -0.15) is 4.98 Å². The second-order valence-corrected chi connectivity index (χ2v) is 10.6. The first-order valence-electron chi connectivity index (χ1n) is 13.4. The average molecular weight is 524 g/mol. The molecule has 2 aliphatic rings. The summed E-state index contributed by atoms with van der Waals surface area (Å²) in [5, 5.41) is 7.15. The molecule has 1 saturated heterocycles. The molecule has 0 spiro atoms. The number of fused-ring (bicyclic) bond motifs is 1. The topological polar surface area (TPSA) is 83.7 Å². The van der Waals surface area contributed by atoms with Gasteiger partial charge in [-0.15, -0.1) is 0 Å². The monoisotopic (exact) mass is 523 g/mol. The van der Waals surface area contributed by atoms with Crippen LogP contribution < -0.4 is 15.0 Å². The smallest absolute Gasteiger partial charge is 0.255 e. The molecule has 0 bridgehead atoms. The Morgan fingerprint density at radius 3 is 2.41 bits per heavy atom. The third kappa shape index (κ3) is 5.12. The van der Waals surface area contributed by atoms with E-state index in [2.05, 4.69) is 70.4 Å². The van der Waals surface area contributed by atoms with E-state index in [4.69, 9.17) is 9.26 Å². The Labute approximate surface area is 228 Å². The van der Waals surface area contributed by atoms with Crippen LogP contribution in [0.4, 0.5) is 11.4 Å². The minimum Gasteiger partial charge on any atom is -0.488 e. The number of hydrogen-bond donors (Lipinski definition) is 1. The first-order chi connectivity index (χ1) is 18.8. The van der Waals surface area contributed by atoms with Crippen molar-refractivity contribution in [3.05, 3.63) is 77.2 Å². The van der Waals surface area contributed by atoms with Crippen LogP contribution in [0.1, 0.15) is 34.3 Å². The molecule has 2 aliphatic heterocycles. The molecule has 0 radical (unpaired) electrons. The van der Waals surface area contributed by atoms with Gasteiger partial charge in [0.1, 0.15) is 11.9 Å². The molecule has 4 aromatic rings. The van der Waals surface area contributed by atoms with E-state index in [1.165, 1.54) is 0 Å². The predicted molar refractivity (Wildman–Crippen MR) is 153 cm³/mol. The van der Waals surface area contributed by atoms with Gasteiger partial charge >= 0.3 is 0 Å². The number of nitrogens with one attached hydrogen (secondary N) is 1. The number of benzene rings is 3. The molecule has 6 rings (SSSR count). The number of hydrogen-bond acceptors (Lipinski definition) is 7. The van der Waals surface area contributed by atoms with Gasteiger partial charge in [0.05, 0.1) is 5.69 Å². The van der Waals surface area contributed by atoms with Crippen LogP contribution in [0.15, 0.2) is 59.1 Å². The second-order valence-electron chi connectivity index (χ2n) is 10.6. The zero-order chi connectivity index (χ0) is 27.1. The number of aryl methyl sites for hydroxylation is 2. The van der Waals surface area contributed by atoms with Crippen molar-refractivity contribution in [2.75, 3.05) is 43.4 Å². The van der Waals surface area contributed by atoms with Crippen LogP contribution in [0, 0.1) is 13.8 Å². The normalized spacial score (nSPS) is 17.1. The van der Waals surface area contributed by atoms with Crippen LogP contribution in [-0.2, 0) is 6.42 Å². The SMILES string of the molecule is Cc1nc(-c2ccc(-c3ccc(C(=O)Nc4cc5c(c(N6CCN(C)CC6)c4)OC(C)C5)cc3)c(C)c2)no1. The minimum atomic E-state index is -0.127. The third-order valence-electron chi connectivity index (χ3n) is 7.54. The average Bonchev–Trinajstić information content (AvgIpc) is 3.53. The molecule has 3 aromatic carbocycles. The summed E-state index contributed by atoms with van der Waals surface area (Å²) in [6.45, 7) is 9.82. The van der Waals surface area contributed by atoms with Gasteiger partial charge in [-0.05, 0) is 67.9 Å². The van der Waals surface area contributed by atoms with Crippen molar-refractivity contribution >= 4 is 17.3 Å². The van der Waals surface area contributed by atoms with E-state index in [0.29, 0.717) is 17.3 Å². The van der Waals surface area contributed by atoms with E-state index in [1.807, 2.05) is 30.3 Å². The summed E-state index contributed by atoms with van der Waals surface area (Å²) < 4.78 is 11.3. The Bertz CT molecular complexity index is 1520. The van der Waals surface area contributed by atoms with Gasteiger partial charge in [0, 0.05) is 61.9 Å². The van der Waals surface area contributed by atoms with Crippen LogP contribution in [0.3, 0.4) is 0 Å². The lowest BCUT2D eigenvalue weighted by Gasteiger charge is -2.35. The van der Waals surface area contributed by atoms with Gasteiger partial charge in [-0.1, -0.05) is 29.4 Å². The summed E-state index contributed by atoms with van der Waals surface area (Å²) in [5.41, 5.74) is 7.79. The maximum Gasteiger partial charge on any atom is 0.255 e. The van der Waals surface area contributed by atoms with E-state index in [9.17, 15) is 4.79 Å². The summed E-state index contributed by atoms with van der Waals surface area (Å²) in [6, 6.07) is 17.9. The van der Waals surface area contributed by atoms with E-state index in [-0.39, 0.29) is 12.0 Å². The summed E-state index contributed by atoms with van der Waals surface area (Å²) in [4.78, 5) is 22.3. The number of anilines is 2. The third-order valence-corrected chi connectivity index (χ3v) is 7.54. The molecule has 0 saturated carbocycles. The number of ether oxygens (including phenoxy) is 1. The van der Waals surface area contributed by atoms with E-state index >= 15 is 0 Å². The summed E-state index contributed by atoms with van der Waals surface area (Å²) >= 11 is 0. The van der Waals surface area contributed by atoms with Crippen LogP contribution >= 0.6 is 0 Å². The van der Waals surface area contributed by atoms with Gasteiger partial charge in [0.15, 0.2) is 0 Å². The molecule has 8 nitrogen and oxygen atoms in total. The molecule has 8 heteroatoms. The predicted octanol–water partition coefficient (Wildman–Crippen LogP) is 5.35. The maximum absolute atomic E-state index is 13.2. The van der Waals surface area contributed by atoms with Gasteiger partial charge in [0.25, 0.3) is 5.91 Å². The molecular weight excluding hydrogens is 490 g/mol. The van der Waals surface area contributed by atoms with Crippen molar-refractivity contribution in [1.29, 1.82) is 0 Å². The van der Waals surface area contributed by atoms with Gasteiger partial charge in [-0.3, -0.25) is 4.79 Å². The number of aromatic nitrogens is 2. The Morgan fingerprint density at radius 1 is 0.974 bits per heavy atom. The van der Waals surface area contributed by atoms with Gasteiger partial charge in [-0.25, -0.2) is 0 Å². The number of amides is 1. The summed E-state index contributed by atoms with van der Waals surface area (Å²) in [7, 11) is 2.15. The molecule has 1 unspecified atom stereocenters. The quantitative estimate of drug-likeness (QED) is 0.378. The number of likely N-dealkylation sites (N-methyl/N-ethyl adjacent to an activating group) is 1. The van der Waals surface area contributed by atoms with Crippen molar-refractivity contribution in [3.63, 3.8) is 0 Å². The molecule has 0 aliphatic carbocycles. The van der Waals surface area contributed by atoms with E-state index < -0.39 is 0 Å². The molecule has 1 fully saturated rings. The van der Waals surface area contributed by atoms with Gasteiger partial charge < -0.3 is 24.4 Å². The molecule has 3 heterocycles. The van der Waals surface area contributed by atoms with Crippen molar-refractivity contribution < 1.29 is 14.1 Å². The Hall–Kier alpha value is -4.17. The molecular formula is C31H33N5O3. The van der Waals surface area contributed by atoms with Crippen molar-refractivity contribution in [2.24, 2.45) is 0 Å². The Morgan fingerprint density at radius 2 is 1.72 bits per heavy atom. The molecule has 200 valence electrons. The number of carbonyl (C=O) groups is 1. The highest BCUT2D eigenvalue weighted by Crippen LogP contribution is 2.41. The number of rotatable bonds is 5. The fourth-order valence-corrected chi connectivity index (χ4v) is 5.41. The molecule has 1 atom stereocenters. The van der Waals surface area contributed by atoms with Crippen LogP contribution in [0.2, 0.25) is 0 Å². The standard InChI is InChI=1S/C31H33N5O3/c1-19-15-24(30-32-21(3)39-34-30)9-10-27(19)22-5-7-23(8-6-22)31(37)33-26-17-25-16-20(2)38-29(25)28(18-26)36-13-11-35(4)12-14-36/h5-10,15,17-18,20H,11-14,16H2,1-4H3,(H,33,37). The van der Waals surface area contributed by atoms with Crippen molar-refractivity contribution in [3.8, 4) is 28.3 Å². The second kappa shape index (κ2) is 10.2. The van der Waals surface area contributed by atoms with E-state index in [1.54, 1.807) is 6.92 Å². The van der Waals surface area contributed by atoms with Gasteiger partial charge in [0.2, 0.25) is 11.7 Å². The fraction of sp³-hybridized carbons (Fsp3) is 0.323. The highest BCUT2D eigenvalue weighted by molar-refractivity contribution is 6.05. The first kappa shape index (κ1) is 25.1. The summed E-state index contributed by atoms with van der Waals surface area (Å²) in [6.07, 6.45) is 0.984. The molecule has 39 heavy (non-hydrogen) atoms. The zero-order valence-electron chi connectivity index (χ0n) is 22.8. The molecule has 1 amide bonds. The molecule has 1 N–H and O–H groups in total. The van der Waals surface area contributed by atoms with Crippen LogP contribution in [0.25, 0.3) is 22.5 Å². The number of nitrogens with zero attached hydrogens (tertiary/aromatic N) is 4. The largest absolute Gasteiger partial charge is 0.488 e. The lowest BCUT2D eigenvalue weighted by atomic mass is 9.97. The van der Waals surface area contributed by atoms with Crippen LogP contribution in [0.5, 0.6) is 5.75 Å².